The normalized spacial score (nSPS) is 15.5. The van der Waals surface area contributed by atoms with Gasteiger partial charge in [-0.2, -0.15) is 0 Å². The van der Waals surface area contributed by atoms with Gasteiger partial charge in [-0.25, -0.2) is 9.97 Å². The minimum Gasteiger partial charge on any atom is -0.485 e. The summed E-state index contributed by atoms with van der Waals surface area (Å²) in [7, 11) is 0. The maximum Gasteiger partial charge on any atom is 0.269 e. The largest absolute Gasteiger partial charge is 0.485 e. The molecule has 9 heteroatoms. The molecule has 0 spiro atoms. The zero-order valence-corrected chi connectivity index (χ0v) is 14.7. The smallest absolute Gasteiger partial charge is 0.269 e. The van der Waals surface area contributed by atoms with E-state index in [0.717, 1.165) is 0 Å². The summed E-state index contributed by atoms with van der Waals surface area (Å²) in [6, 6.07) is 10.6. The zero-order valence-electron chi connectivity index (χ0n) is 13.2. The van der Waals surface area contributed by atoms with Crippen LogP contribution in [-0.2, 0) is 4.79 Å². The van der Waals surface area contributed by atoms with E-state index in [0.29, 0.717) is 23.0 Å². The number of amides is 1. The molecule has 0 aliphatic carbocycles. The predicted octanol–water partition coefficient (Wildman–Crippen LogP) is 3.35. The molecule has 1 aliphatic rings. The maximum atomic E-state index is 12.6. The average molecular weight is 391 g/mol. The van der Waals surface area contributed by atoms with Crippen molar-refractivity contribution in [3.63, 3.8) is 0 Å². The van der Waals surface area contributed by atoms with Crippen LogP contribution in [0.25, 0.3) is 5.82 Å². The second kappa shape index (κ2) is 6.86. The van der Waals surface area contributed by atoms with Crippen LogP contribution in [0.2, 0.25) is 10.3 Å². The fraction of sp³-hybridized carbons (Fsp3) is 0.118. The van der Waals surface area contributed by atoms with Crippen molar-refractivity contribution in [1.82, 2.24) is 14.5 Å². The van der Waals surface area contributed by atoms with Crippen molar-refractivity contribution in [2.45, 2.75) is 6.10 Å². The minimum absolute atomic E-state index is 0.107. The number of nitrogens with zero attached hydrogens (tertiary/aromatic N) is 3. The van der Waals surface area contributed by atoms with Gasteiger partial charge in [0.2, 0.25) is 6.10 Å². The predicted molar refractivity (Wildman–Crippen MR) is 96.4 cm³/mol. The van der Waals surface area contributed by atoms with Crippen molar-refractivity contribution in [3.8, 4) is 17.3 Å². The Hall–Kier alpha value is -2.77. The first-order chi connectivity index (χ1) is 12.6. The molecule has 1 aliphatic heterocycles. The van der Waals surface area contributed by atoms with Crippen LogP contribution in [0.3, 0.4) is 0 Å². The Morgan fingerprint density at radius 2 is 1.96 bits per heavy atom. The van der Waals surface area contributed by atoms with Gasteiger partial charge in [-0.05, 0) is 24.3 Å². The van der Waals surface area contributed by atoms with Crippen LogP contribution in [0.15, 0.2) is 48.9 Å². The van der Waals surface area contributed by atoms with E-state index in [1.54, 1.807) is 30.5 Å². The van der Waals surface area contributed by atoms with E-state index in [-0.39, 0.29) is 22.8 Å². The van der Waals surface area contributed by atoms with Crippen molar-refractivity contribution < 1.29 is 14.3 Å². The lowest BCUT2D eigenvalue weighted by Crippen LogP contribution is -2.40. The molecule has 3 heterocycles. The lowest BCUT2D eigenvalue weighted by Gasteiger charge is -2.25. The van der Waals surface area contributed by atoms with Crippen LogP contribution in [0.1, 0.15) is 0 Å². The molecule has 3 aromatic rings. The molecule has 132 valence electrons. The summed E-state index contributed by atoms with van der Waals surface area (Å²) in [5.74, 6) is 1.16. The SMILES string of the molecule is O=C(Nc1cccnc1-n1cnc(Cl)c1Cl)[C@@H]1COc2ccccc2O1. The molecular formula is C17H12Cl2N4O3. The topological polar surface area (TPSA) is 78.3 Å². The molecule has 0 radical (unpaired) electrons. The van der Waals surface area contributed by atoms with Gasteiger partial charge in [0.05, 0.1) is 5.69 Å². The standard InChI is InChI=1S/C17H12Cl2N4O3/c18-14-15(19)23(9-21-14)16-10(4-3-7-20-16)22-17(24)13-8-25-11-5-1-2-6-12(11)26-13/h1-7,9,13H,8H2,(H,22,24)/t13-/m0/s1. The number of ether oxygens (including phenoxy) is 2. The third kappa shape index (κ3) is 3.07. The van der Waals surface area contributed by atoms with Crippen molar-refractivity contribution in [3.05, 3.63) is 59.2 Å². The number of nitrogens with one attached hydrogen (secondary N) is 1. The Bertz CT molecular complexity index is 976. The molecule has 0 unspecified atom stereocenters. The van der Waals surface area contributed by atoms with Crippen LogP contribution in [-0.4, -0.2) is 33.2 Å². The number of rotatable bonds is 3. The number of pyridine rings is 1. The molecule has 0 saturated carbocycles. The van der Waals surface area contributed by atoms with E-state index in [1.807, 2.05) is 12.1 Å². The van der Waals surface area contributed by atoms with Crippen molar-refractivity contribution in [1.29, 1.82) is 0 Å². The number of carbonyl (C=O) groups excluding carboxylic acids is 1. The second-order valence-electron chi connectivity index (χ2n) is 5.42. The molecule has 26 heavy (non-hydrogen) atoms. The third-order valence-corrected chi connectivity index (χ3v) is 4.48. The molecule has 1 atom stereocenters. The van der Waals surface area contributed by atoms with Crippen LogP contribution in [0.4, 0.5) is 5.69 Å². The van der Waals surface area contributed by atoms with Gasteiger partial charge in [-0.3, -0.25) is 9.36 Å². The third-order valence-electron chi connectivity index (χ3n) is 3.74. The summed E-state index contributed by atoms with van der Waals surface area (Å²) in [6.45, 7) is 0.107. The Kier molecular flexibility index (Phi) is 4.40. The number of halogens is 2. The molecule has 0 saturated heterocycles. The molecule has 1 aromatic carbocycles. The first-order valence-electron chi connectivity index (χ1n) is 7.66. The Morgan fingerprint density at radius 1 is 1.15 bits per heavy atom. The highest BCUT2D eigenvalue weighted by molar-refractivity contribution is 6.40. The lowest BCUT2D eigenvalue weighted by molar-refractivity contribution is -0.125. The Labute approximate surface area is 158 Å². The summed E-state index contributed by atoms with van der Waals surface area (Å²) in [5, 5.41) is 3.14. The number of hydrogen-bond acceptors (Lipinski definition) is 5. The average Bonchev–Trinajstić information content (AvgIpc) is 3.00. The highest BCUT2D eigenvalue weighted by atomic mass is 35.5. The molecule has 0 bridgehead atoms. The van der Waals surface area contributed by atoms with Crippen LogP contribution >= 0.6 is 23.2 Å². The molecule has 1 N–H and O–H groups in total. The Morgan fingerprint density at radius 3 is 2.73 bits per heavy atom. The molecule has 7 nitrogen and oxygen atoms in total. The van der Waals surface area contributed by atoms with Crippen LogP contribution in [0.5, 0.6) is 11.5 Å². The molecule has 0 fully saturated rings. The van der Waals surface area contributed by atoms with E-state index in [1.165, 1.54) is 10.9 Å². The van der Waals surface area contributed by atoms with Gasteiger partial charge in [-0.15, -0.1) is 0 Å². The van der Waals surface area contributed by atoms with Gasteiger partial charge in [-0.1, -0.05) is 35.3 Å². The number of aromatic nitrogens is 3. The highest BCUT2D eigenvalue weighted by Gasteiger charge is 2.28. The number of fused-ring (bicyclic) bond motifs is 1. The summed E-state index contributed by atoms with van der Waals surface area (Å²) < 4.78 is 12.8. The summed E-state index contributed by atoms with van der Waals surface area (Å²) in [6.07, 6.45) is 2.21. The Balaban J connectivity index is 1.57. The summed E-state index contributed by atoms with van der Waals surface area (Å²) in [5.41, 5.74) is 0.441. The molecule has 1 amide bonds. The fourth-order valence-electron chi connectivity index (χ4n) is 2.51. The quantitative estimate of drug-likeness (QED) is 0.741. The number of hydrogen-bond donors (Lipinski definition) is 1. The molecular weight excluding hydrogens is 379 g/mol. The van der Waals surface area contributed by atoms with Crippen molar-refractivity contribution in [2.24, 2.45) is 0 Å². The maximum absolute atomic E-state index is 12.6. The van der Waals surface area contributed by atoms with Gasteiger partial charge in [0.15, 0.2) is 27.6 Å². The lowest BCUT2D eigenvalue weighted by atomic mass is 10.2. The zero-order chi connectivity index (χ0) is 18.1. The van der Waals surface area contributed by atoms with Gasteiger partial charge >= 0.3 is 0 Å². The van der Waals surface area contributed by atoms with Gasteiger partial charge in [0, 0.05) is 6.20 Å². The number of benzene rings is 1. The second-order valence-corrected chi connectivity index (χ2v) is 6.14. The number of para-hydroxylation sites is 2. The molecule has 4 rings (SSSR count). The number of carbonyl (C=O) groups is 1. The first kappa shape index (κ1) is 16.7. The van der Waals surface area contributed by atoms with E-state index in [4.69, 9.17) is 32.7 Å². The number of anilines is 1. The van der Waals surface area contributed by atoms with Gasteiger partial charge in [0.25, 0.3) is 5.91 Å². The van der Waals surface area contributed by atoms with E-state index in [2.05, 4.69) is 15.3 Å². The summed E-state index contributed by atoms with van der Waals surface area (Å²) >= 11 is 12.0. The molecule has 2 aromatic heterocycles. The van der Waals surface area contributed by atoms with Crippen molar-refractivity contribution >= 4 is 34.8 Å². The van der Waals surface area contributed by atoms with Crippen molar-refractivity contribution in [2.75, 3.05) is 11.9 Å². The van der Waals surface area contributed by atoms with E-state index >= 15 is 0 Å². The van der Waals surface area contributed by atoms with Gasteiger partial charge in [0.1, 0.15) is 12.9 Å². The number of imidazole rings is 1. The monoisotopic (exact) mass is 390 g/mol. The van der Waals surface area contributed by atoms with E-state index < -0.39 is 6.10 Å². The van der Waals surface area contributed by atoms with Crippen LogP contribution in [0, 0.1) is 0 Å². The highest BCUT2D eigenvalue weighted by Crippen LogP contribution is 2.31. The van der Waals surface area contributed by atoms with Gasteiger partial charge < -0.3 is 14.8 Å². The first-order valence-corrected chi connectivity index (χ1v) is 8.42. The fourth-order valence-corrected chi connectivity index (χ4v) is 2.82. The minimum atomic E-state index is -0.792. The van der Waals surface area contributed by atoms with E-state index in [9.17, 15) is 4.79 Å². The van der Waals surface area contributed by atoms with Crippen LogP contribution < -0.4 is 14.8 Å². The summed E-state index contributed by atoms with van der Waals surface area (Å²) in [4.78, 5) is 20.8.